The Bertz CT molecular complexity index is 451. The van der Waals surface area contributed by atoms with Gasteiger partial charge in [0.15, 0.2) is 11.5 Å². The zero-order valence-electron chi connectivity index (χ0n) is 8.15. The molecule has 0 bridgehead atoms. The molecule has 0 fully saturated rings. The number of aromatic nitrogens is 4. The van der Waals surface area contributed by atoms with Crippen molar-refractivity contribution in [1.82, 2.24) is 20.4 Å². The number of rotatable bonds is 2. The Balaban J connectivity index is 2.43. The number of aliphatic hydroxyl groups excluding tert-OH is 2. The molecule has 0 unspecified atom stereocenters. The Morgan fingerprint density at radius 3 is 1.50 bits per heavy atom. The Morgan fingerprint density at radius 2 is 1.19 bits per heavy atom. The first-order valence-electron chi connectivity index (χ1n) is 4.45. The lowest BCUT2D eigenvalue weighted by Gasteiger charge is -2.03. The highest BCUT2D eigenvalue weighted by Crippen LogP contribution is 2.19. The summed E-state index contributed by atoms with van der Waals surface area (Å²) in [6.45, 7) is 0. The molecular formula is C10H8N4O2. The normalized spacial score (nSPS) is 12.0. The Kier molecular flexibility index (Phi) is 2.73. The molecule has 6 nitrogen and oxygen atoms in total. The molecule has 80 valence electrons. The van der Waals surface area contributed by atoms with Gasteiger partial charge in [-0.15, -0.1) is 0 Å². The second-order valence-electron chi connectivity index (χ2n) is 2.96. The fraction of sp³-hybridized carbons (Fsp3) is 0. The van der Waals surface area contributed by atoms with Crippen LogP contribution in [0.3, 0.4) is 0 Å². The van der Waals surface area contributed by atoms with Gasteiger partial charge in [0, 0.05) is 11.1 Å². The molecule has 0 aromatic carbocycles. The summed E-state index contributed by atoms with van der Waals surface area (Å²) >= 11 is 0. The van der Waals surface area contributed by atoms with Crippen molar-refractivity contribution in [2.45, 2.75) is 0 Å². The molecule has 0 amide bonds. The van der Waals surface area contributed by atoms with Crippen LogP contribution in [0.15, 0.2) is 36.9 Å². The van der Waals surface area contributed by atoms with Gasteiger partial charge < -0.3 is 10.2 Å². The molecule has 0 saturated heterocycles. The minimum atomic E-state index is -0.275. The van der Waals surface area contributed by atoms with Crippen molar-refractivity contribution in [3.05, 3.63) is 48.0 Å². The van der Waals surface area contributed by atoms with Crippen molar-refractivity contribution in [2.24, 2.45) is 0 Å². The maximum absolute atomic E-state index is 9.76. The first-order chi connectivity index (χ1) is 7.79. The van der Waals surface area contributed by atoms with E-state index in [-0.39, 0.29) is 11.5 Å². The van der Waals surface area contributed by atoms with Crippen LogP contribution >= 0.6 is 0 Å². The van der Waals surface area contributed by atoms with E-state index in [9.17, 15) is 10.2 Å². The summed E-state index contributed by atoms with van der Waals surface area (Å²) in [5.74, 6) is -0.550. The molecule has 0 spiro atoms. The second kappa shape index (κ2) is 4.35. The van der Waals surface area contributed by atoms with E-state index < -0.39 is 0 Å². The molecule has 0 aliphatic carbocycles. The monoisotopic (exact) mass is 216 g/mol. The molecule has 6 heteroatoms. The molecule has 0 aliphatic rings. The molecular weight excluding hydrogens is 208 g/mol. The first-order valence-corrected chi connectivity index (χ1v) is 4.45. The van der Waals surface area contributed by atoms with Gasteiger partial charge in [-0.25, -0.2) is 0 Å². The second-order valence-corrected chi connectivity index (χ2v) is 2.96. The molecule has 0 atom stereocenters. The van der Waals surface area contributed by atoms with Crippen molar-refractivity contribution >= 4 is 11.5 Å². The Hall–Kier alpha value is -2.50. The standard InChI is InChI=1S/C10H8N4O2/c15-9(7-1-3-11-13-5-7)10(16)8-2-4-12-14-6-8/h1-6,15-16H/b10-9+. The SMILES string of the molecule is O/C(=C(/O)c1ccnnc1)c1ccnnc1. The fourth-order valence-corrected chi connectivity index (χ4v) is 1.13. The van der Waals surface area contributed by atoms with Gasteiger partial charge in [0.2, 0.25) is 0 Å². The first kappa shape index (κ1) is 10.0. The van der Waals surface area contributed by atoms with E-state index in [1.807, 2.05) is 0 Å². The van der Waals surface area contributed by atoms with Crippen molar-refractivity contribution in [3.8, 4) is 0 Å². The van der Waals surface area contributed by atoms with Crippen LogP contribution in [0.2, 0.25) is 0 Å². The topological polar surface area (TPSA) is 92.0 Å². The average Bonchev–Trinajstić information content (AvgIpc) is 2.39. The van der Waals surface area contributed by atoms with Crippen LogP contribution in [0.4, 0.5) is 0 Å². The van der Waals surface area contributed by atoms with Crippen LogP contribution in [-0.4, -0.2) is 30.6 Å². The van der Waals surface area contributed by atoms with Gasteiger partial charge in [0.25, 0.3) is 0 Å². The van der Waals surface area contributed by atoms with E-state index in [4.69, 9.17) is 0 Å². The van der Waals surface area contributed by atoms with Crippen molar-refractivity contribution < 1.29 is 10.2 Å². The lowest BCUT2D eigenvalue weighted by Crippen LogP contribution is -1.93. The number of hydrogen-bond donors (Lipinski definition) is 2. The molecule has 2 aromatic heterocycles. The van der Waals surface area contributed by atoms with Crippen LogP contribution in [0.1, 0.15) is 11.1 Å². The quantitative estimate of drug-likeness (QED) is 0.733. The third kappa shape index (κ3) is 1.95. The lowest BCUT2D eigenvalue weighted by atomic mass is 10.1. The summed E-state index contributed by atoms with van der Waals surface area (Å²) in [6.07, 6.45) is 5.54. The molecule has 2 N–H and O–H groups in total. The van der Waals surface area contributed by atoms with Crippen molar-refractivity contribution in [1.29, 1.82) is 0 Å². The molecule has 16 heavy (non-hydrogen) atoms. The van der Waals surface area contributed by atoms with Gasteiger partial charge >= 0.3 is 0 Å². The molecule has 2 aromatic rings. The van der Waals surface area contributed by atoms with E-state index >= 15 is 0 Å². The highest BCUT2D eigenvalue weighted by molar-refractivity contribution is 5.81. The maximum atomic E-state index is 9.76. The fourth-order valence-electron chi connectivity index (χ4n) is 1.13. The van der Waals surface area contributed by atoms with Gasteiger partial charge in [-0.3, -0.25) is 0 Å². The van der Waals surface area contributed by atoms with Gasteiger partial charge in [-0.1, -0.05) is 0 Å². The number of hydrogen-bond acceptors (Lipinski definition) is 6. The van der Waals surface area contributed by atoms with E-state index in [0.29, 0.717) is 11.1 Å². The van der Waals surface area contributed by atoms with Crippen LogP contribution < -0.4 is 0 Å². The maximum Gasteiger partial charge on any atom is 0.167 e. The minimum absolute atomic E-state index is 0.275. The van der Waals surface area contributed by atoms with Crippen LogP contribution in [0, 0.1) is 0 Å². The number of nitrogens with zero attached hydrogens (tertiary/aromatic N) is 4. The molecule has 2 rings (SSSR count). The minimum Gasteiger partial charge on any atom is -0.504 e. The van der Waals surface area contributed by atoms with Crippen molar-refractivity contribution in [2.75, 3.05) is 0 Å². The van der Waals surface area contributed by atoms with Gasteiger partial charge in [-0.05, 0) is 12.1 Å². The van der Waals surface area contributed by atoms with Crippen molar-refractivity contribution in [3.63, 3.8) is 0 Å². The predicted octanol–water partition coefficient (Wildman–Crippen LogP) is 1.21. The summed E-state index contributed by atoms with van der Waals surface area (Å²) in [4.78, 5) is 0. The lowest BCUT2D eigenvalue weighted by molar-refractivity contribution is 0.459. The summed E-state index contributed by atoms with van der Waals surface area (Å²) in [6, 6.07) is 3.07. The molecule has 2 heterocycles. The molecule has 0 saturated carbocycles. The smallest absolute Gasteiger partial charge is 0.167 e. The van der Waals surface area contributed by atoms with Crippen LogP contribution in [-0.2, 0) is 0 Å². The molecule has 0 radical (unpaired) electrons. The van der Waals surface area contributed by atoms with E-state index in [1.165, 1.54) is 36.9 Å². The third-order valence-corrected chi connectivity index (χ3v) is 1.94. The zero-order chi connectivity index (χ0) is 11.4. The third-order valence-electron chi connectivity index (χ3n) is 1.94. The number of aliphatic hydroxyl groups is 2. The summed E-state index contributed by atoms with van der Waals surface area (Å²) < 4.78 is 0. The van der Waals surface area contributed by atoms with Crippen LogP contribution in [0.25, 0.3) is 11.5 Å². The van der Waals surface area contributed by atoms with Gasteiger partial charge in [0.1, 0.15) is 0 Å². The van der Waals surface area contributed by atoms with E-state index in [0.717, 1.165) is 0 Å². The predicted molar refractivity (Wildman–Crippen MR) is 56.1 cm³/mol. The molecule has 0 aliphatic heterocycles. The summed E-state index contributed by atoms with van der Waals surface area (Å²) in [5.41, 5.74) is 0.758. The van der Waals surface area contributed by atoms with Crippen LogP contribution in [0.5, 0.6) is 0 Å². The largest absolute Gasteiger partial charge is 0.504 e. The van der Waals surface area contributed by atoms with E-state index in [1.54, 1.807) is 0 Å². The van der Waals surface area contributed by atoms with Gasteiger partial charge in [0.05, 0.1) is 24.8 Å². The highest BCUT2D eigenvalue weighted by Gasteiger charge is 2.09. The Morgan fingerprint density at radius 1 is 0.750 bits per heavy atom. The Labute approximate surface area is 90.9 Å². The average molecular weight is 216 g/mol. The van der Waals surface area contributed by atoms with E-state index in [2.05, 4.69) is 20.4 Å². The summed E-state index contributed by atoms with van der Waals surface area (Å²) in [7, 11) is 0. The zero-order valence-corrected chi connectivity index (χ0v) is 8.15. The summed E-state index contributed by atoms with van der Waals surface area (Å²) in [5, 5.41) is 33.9. The highest BCUT2D eigenvalue weighted by atomic mass is 16.3. The van der Waals surface area contributed by atoms with Gasteiger partial charge in [-0.2, -0.15) is 20.4 Å².